The number of sulfonamides is 1. The van der Waals surface area contributed by atoms with Gasteiger partial charge in [0, 0.05) is 30.4 Å². The van der Waals surface area contributed by atoms with E-state index in [1.807, 2.05) is 13.8 Å². The minimum absolute atomic E-state index is 0.124. The summed E-state index contributed by atoms with van der Waals surface area (Å²) in [4.78, 5) is 21.0. The standard InChI is InChI=1S/C20H26N6O3S/c1-13(2)25-30(28,29)17-7-5-6-16(10-17)11-21-19(27)9-8-18-14(3)24-20-22-12-23-26(20)15(18)4/h5-7,10,12-13,25H,8-9,11H2,1-4H3,(H,21,27). The highest BCUT2D eigenvalue weighted by atomic mass is 32.2. The van der Waals surface area contributed by atoms with E-state index < -0.39 is 10.0 Å². The van der Waals surface area contributed by atoms with Crippen LogP contribution in [0.1, 0.15) is 42.8 Å². The predicted octanol–water partition coefficient (Wildman–Crippen LogP) is 1.68. The van der Waals surface area contributed by atoms with E-state index in [9.17, 15) is 13.2 Å². The Balaban J connectivity index is 1.61. The molecule has 0 saturated heterocycles. The van der Waals surface area contributed by atoms with E-state index in [4.69, 9.17) is 0 Å². The number of carbonyl (C=O) groups is 1. The summed E-state index contributed by atoms with van der Waals surface area (Å²) in [5.74, 6) is 0.418. The molecule has 0 aliphatic carbocycles. The zero-order chi connectivity index (χ0) is 21.9. The van der Waals surface area contributed by atoms with Crippen molar-refractivity contribution in [2.24, 2.45) is 0 Å². The van der Waals surface area contributed by atoms with Crippen molar-refractivity contribution < 1.29 is 13.2 Å². The molecule has 3 aromatic rings. The van der Waals surface area contributed by atoms with Gasteiger partial charge in [0.1, 0.15) is 6.33 Å². The summed E-state index contributed by atoms with van der Waals surface area (Å²) in [6, 6.07) is 6.36. The molecule has 2 heterocycles. The van der Waals surface area contributed by atoms with Gasteiger partial charge in [-0.2, -0.15) is 10.1 Å². The lowest BCUT2D eigenvalue weighted by atomic mass is 10.1. The van der Waals surface area contributed by atoms with Crippen LogP contribution < -0.4 is 10.0 Å². The summed E-state index contributed by atoms with van der Waals surface area (Å²) >= 11 is 0. The Kier molecular flexibility index (Phi) is 6.47. The lowest BCUT2D eigenvalue weighted by Gasteiger charge is -2.12. The number of amides is 1. The first-order chi connectivity index (χ1) is 14.2. The molecule has 1 aromatic carbocycles. The van der Waals surface area contributed by atoms with Crippen molar-refractivity contribution in [3.05, 3.63) is 53.1 Å². The summed E-state index contributed by atoms with van der Waals surface area (Å²) in [6.07, 6.45) is 2.27. The molecule has 0 fully saturated rings. The van der Waals surface area contributed by atoms with E-state index >= 15 is 0 Å². The van der Waals surface area contributed by atoms with Crippen LogP contribution in [0.3, 0.4) is 0 Å². The van der Waals surface area contributed by atoms with Crippen molar-refractivity contribution in [1.82, 2.24) is 29.6 Å². The second-order valence-electron chi connectivity index (χ2n) is 7.43. The first-order valence-electron chi connectivity index (χ1n) is 9.71. The molecule has 0 spiro atoms. The molecular weight excluding hydrogens is 404 g/mol. The van der Waals surface area contributed by atoms with Crippen LogP contribution in [0.2, 0.25) is 0 Å². The molecule has 0 saturated carbocycles. The fraction of sp³-hybridized carbons (Fsp3) is 0.400. The molecule has 1 amide bonds. The Morgan fingerprint density at radius 3 is 2.73 bits per heavy atom. The smallest absolute Gasteiger partial charge is 0.252 e. The first-order valence-corrected chi connectivity index (χ1v) is 11.2. The Hall–Kier alpha value is -2.85. The third-order valence-corrected chi connectivity index (χ3v) is 6.34. The number of nitrogens with one attached hydrogen (secondary N) is 2. The van der Waals surface area contributed by atoms with E-state index in [0.717, 1.165) is 17.0 Å². The molecule has 9 nitrogen and oxygen atoms in total. The first kappa shape index (κ1) is 21.8. The molecule has 2 N–H and O–H groups in total. The number of aryl methyl sites for hydroxylation is 2. The number of hydrogen-bond donors (Lipinski definition) is 2. The summed E-state index contributed by atoms with van der Waals surface area (Å²) in [6.45, 7) is 7.61. The van der Waals surface area contributed by atoms with Gasteiger partial charge >= 0.3 is 0 Å². The molecule has 30 heavy (non-hydrogen) atoms. The second kappa shape index (κ2) is 8.88. The zero-order valence-corrected chi connectivity index (χ0v) is 18.3. The molecule has 10 heteroatoms. The Bertz CT molecular complexity index is 1170. The lowest BCUT2D eigenvalue weighted by Crippen LogP contribution is -2.30. The maximum atomic E-state index is 12.4. The second-order valence-corrected chi connectivity index (χ2v) is 9.15. The van der Waals surface area contributed by atoms with Crippen molar-refractivity contribution in [2.75, 3.05) is 0 Å². The SMILES string of the molecule is Cc1nc2ncnn2c(C)c1CCC(=O)NCc1cccc(S(=O)(=O)NC(C)C)c1. The molecule has 2 aromatic heterocycles. The van der Waals surface area contributed by atoms with Gasteiger partial charge in [-0.1, -0.05) is 12.1 Å². The minimum atomic E-state index is -3.57. The number of fused-ring (bicyclic) bond motifs is 1. The topological polar surface area (TPSA) is 118 Å². The number of rotatable bonds is 8. The van der Waals surface area contributed by atoms with Crippen molar-refractivity contribution in [3.8, 4) is 0 Å². The van der Waals surface area contributed by atoms with Gasteiger partial charge in [0.2, 0.25) is 15.9 Å². The van der Waals surface area contributed by atoms with Crippen LogP contribution in [0.25, 0.3) is 5.78 Å². The maximum Gasteiger partial charge on any atom is 0.252 e. The van der Waals surface area contributed by atoms with Crippen LogP contribution in [0.15, 0.2) is 35.5 Å². The fourth-order valence-corrected chi connectivity index (χ4v) is 4.57. The monoisotopic (exact) mass is 430 g/mol. The number of benzene rings is 1. The summed E-state index contributed by atoms with van der Waals surface area (Å²) in [5.41, 5.74) is 3.43. The molecule has 0 aliphatic heterocycles. The van der Waals surface area contributed by atoms with Gasteiger partial charge in [-0.15, -0.1) is 0 Å². The Morgan fingerprint density at radius 2 is 2.00 bits per heavy atom. The maximum absolute atomic E-state index is 12.4. The van der Waals surface area contributed by atoms with Gasteiger partial charge in [-0.3, -0.25) is 4.79 Å². The molecule has 0 unspecified atom stereocenters. The minimum Gasteiger partial charge on any atom is -0.352 e. The normalized spacial score (nSPS) is 11.9. The number of hydrogen-bond acceptors (Lipinski definition) is 6. The highest BCUT2D eigenvalue weighted by molar-refractivity contribution is 7.89. The van der Waals surface area contributed by atoms with Gasteiger partial charge in [0.15, 0.2) is 0 Å². The van der Waals surface area contributed by atoms with E-state index in [1.54, 1.807) is 36.6 Å². The van der Waals surface area contributed by atoms with E-state index in [0.29, 0.717) is 17.8 Å². The van der Waals surface area contributed by atoms with Crippen LogP contribution in [0, 0.1) is 13.8 Å². The van der Waals surface area contributed by atoms with E-state index in [-0.39, 0.29) is 29.8 Å². The third kappa shape index (κ3) is 5.00. The third-order valence-electron chi connectivity index (χ3n) is 4.68. The summed E-state index contributed by atoms with van der Waals surface area (Å²) in [7, 11) is -3.57. The molecule has 0 bridgehead atoms. The molecule has 0 aliphatic rings. The summed E-state index contributed by atoms with van der Waals surface area (Å²) < 4.78 is 28.8. The highest BCUT2D eigenvalue weighted by Crippen LogP contribution is 2.15. The van der Waals surface area contributed by atoms with Gasteiger partial charge in [-0.05, 0) is 57.4 Å². The average molecular weight is 431 g/mol. The fourth-order valence-electron chi connectivity index (χ4n) is 3.25. The number of nitrogens with zero attached hydrogens (tertiary/aromatic N) is 4. The quantitative estimate of drug-likeness (QED) is 0.561. The Morgan fingerprint density at radius 1 is 1.23 bits per heavy atom. The number of aromatic nitrogens is 4. The summed E-state index contributed by atoms with van der Waals surface area (Å²) in [5, 5.41) is 7.01. The molecule has 0 radical (unpaired) electrons. The van der Waals surface area contributed by atoms with Crippen LogP contribution in [-0.4, -0.2) is 39.9 Å². The van der Waals surface area contributed by atoms with Gasteiger partial charge in [-0.25, -0.2) is 22.6 Å². The van der Waals surface area contributed by atoms with Crippen molar-refractivity contribution in [3.63, 3.8) is 0 Å². The average Bonchev–Trinajstić information content (AvgIpc) is 3.14. The van der Waals surface area contributed by atoms with Crippen molar-refractivity contribution in [1.29, 1.82) is 0 Å². The van der Waals surface area contributed by atoms with E-state index in [1.165, 1.54) is 12.4 Å². The van der Waals surface area contributed by atoms with E-state index in [2.05, 4.69) is 25.1 Å². The number of carbonyl (C=O) groups excluding carboxylic acids is 1. The van der Waals surface area contributed by atoms with Gasteiger partial charge < -0.3 is 5.32 Å². The predicted molar refractivity (Wildman–Crippen MR) is 112 cm³/mol. The Labute approximate surface area is 176 Å². The van der Waals surface area contributed by atoms with Crippen LogP contribution in [0.4, 0.5) is 0 Å². The lowest BCUT2D eigenvalue weighted by molar-refractivity contribution is -0.121. The zero-order valence-electron chi connectivity index (χ0n) is 17.5. The van der Waals surface area contributed by atoms with Crippen molar-refractivity contribution >= 4 is 21.7 Å². The van der Waals surface area contributed by atoms with Crippen molar-refractivity contribution in [2.45, 2.75) is 58.0 Å². The van der Waals surface area contributed by atoms with Gasteiger partial charge in [0.25, 0.3) is 5.78 Å². The van der Waals surface area contributed by atoms with Gasteiger partial charge in [0.05, 0.1) is 4.90 Å². The largest absolute Gasteiger partial charge is 0.352 e. The molecule has 0 atom stereocenters. The van der Waals surface area contributed by atoms with Crippen LogP contribution in [-0.2, 0) is 27.8 Å². The molecule has 160 valence electrons. The highest BCUT2D eigenvalue weighted by Gasteiger charge is 2.16. The molecule has 3 rings (SSSR count). The van der Waals surface area contributed by atoms with Crippen LogP contribution >= 0.6 is 0 Å². The van der Waals surface area contributed by atoms with Crippen LogP contribution in [0.5, 0.6) is 0 Å². The molecular formula is C20H26N6O3S.